The van der Waals surface area contributed by atoms with E-state index in [0.29, 0.717) is 6.61 Å². The summed E-state index contributed by atoms with van der Waals surface area (Å²) in [5.74, 6) is 0.850. The summed E-state index contributed by atoms with van der Waals surface area (Å²) in [7, 11) is 0. The molecule has 2 nitrogen and oxygen atoms in total. The van der Waals surface area contributed by atoms with E-state index in [1.165, 1.54) is 5.56 Å². The highest BCUT2D eigenvalue weighted by Gasteiger charge is 2.01. The molecule has 3 heteroatoms. The van der Waals surface area contributed by atoms with Gasteiger partial charge in [-0.1, -0.05) is 48.0 Å². The van der Waals surface area contributed by atoms with Crippen molar-refractivity contribution in [3.63, 3.8) is 0 Å². The average Bonchev–Trinajstić information content (AvgIpc) is 2.47. The predicted molar refractivity (Wildman–Crippen MR) is 84.1 cm³/mol. The second-order valence-corrected chi connectivity index (χ2v) is 4.85. The number of hydrogen-bond acceptors (Lipinski definition) is 2. The van der Waals surface area contributed by atoms with Crippen LogP contribution in [0.25, 0.3) is 0 Å². The van der Waals surface area contributed by atoms with Crippen LogP contribution in [0.2, 0.25) is 5.02 Å². The highest BCUT2D eigenvalue weighted by molar-refractivity contribution is 6.31. The molecule has 0 unspecified atom stereocenters. The van der Waals surface area contributed by atoms with Crippen molar-refractivity contribution in [2.24, 2.45) is 0 Å². The Bertz CT molecular complexity index is 568. The van der Waals surface area contributed by atoms with Crippen LogP contribution in [0.3, 0.4) is 0 Å². The lowest BCUT2D eigenvalue weighted by Crippen LogP contribution is -2.12. The van der Waals surface area contributed by atoms with Gasteiger partial charge in [-0.2, -0.15) is 0 Å². The Morgan fingerprint density at radius 2 is 2.00 bits per heavy atom. The summed E-state index contributed by atoms with van der Waals surface area (Å²) in [5, 5.41) is 4.00. The van der Waals surface area contributed by atoms with Gasteiger partial charge in [-0.05, 0) is 23.8 Å². The van der Waals surface area contributed by atoms with Crippen LogP contribution in [0.5, 0.6) is 5.75 Å². The van der Waals surface area contributed by atoms with Gasteiger partial charge in [0.25, 0.3) is 0 Å². The molecule has 0 heterocycles. The lowest BCUT2D eigenvalue weighted by molar-refractivity contribution is 0.306. The molecular weight excluding hydrogens is 270 g/mol. The smallest absolute Gasteiger partial charge is 0.120 e. The molecule has 0 fully saturated rings. The molecule has 0 atom stereocenters. The normalized spacial score (nSPS) is 10.2. The summed E-state index contributed by atoms with van der Waals surface area (Å²) in [4.78, 5) is 0. The lowest BCUT2D eigenvalue weighted by atomic mass is 10.2. The highest BCUT2D eigenvalue weighted by Crippen LogP contribution is 2.19. The molecule has 0 aliphatic heterocycles. The van der Waals surface area contributed by atoms with E-state index in [-0.39, 0.29) is 0 Å². The molecule has 0 saturated heterocycles. The maximum Gasteiger partial charge on any atom is 0.120 e. The van der Waals surface area contributed by atoms with Crippen molar-refractivity contribution in [1.29, 1.82) is 0 Å². The first kappa shape index (κ1) is 14.6. The van der Waals surface area contributed by atoms with Crippen molar-refractivity contribution < 1.29 is 4.74 Å². The second kappa shape index (κ2) is 7.73. The van der Waals surface area contributed by atoms with Gasteiger partial charge in [0.1, 0.15) is 12.4 Å². The van der Waals surface area contributed by atoms with E-state index >= 15 is 0 Å². The quantitative estimate of drug-likeness (QED) is 0.609. The minimum Gasteiger partial charge on any atom is -0.489 e. The van der Waals surface area contributed by atoms with E-state index in [0.717, 1.165) is 29.4 Å². The molecule has 0 aliphatic rings. The number of halogens is 1. The van der Waals surface area contributed by atoms with Gasteiger partial charge in [-0.25, -0.2) is 0 Å². The zero-order valence-corrected chi connectivity index (χ0v) is 12.1. The van der Waals surface area contributed by atoms with Gasteiger partial charge in [-0.3, -0.25) is 0 Å². The van der Waals surface area contributed by atoms with Gasteiger partial charge in [0.2, 0.25) is 0 Å². The van der Waals surface area contributed by atoms with Gasteiger partial charge >= 0.3 is 0 Å². The Hall–Kier alpha value is -1.77. The van der Waals surface area contributed by atoms with Crippen molar-refractivity contribution >= 4 is 11.6 Å². The van der Waals surface area contributed by atoms with Gasteiger partial charge in [0, 0.05) is 23.7 Å². The summed E-state index contributed by atoms with van der Waals surface area (Å²) in [6, 6.07) is 15.8. The van der Waals surface area contributed by atoms with Crippen molar-refractivity contribution in [2.45, 2.75) is 13.2 Å². The summed E-state index contributed by atoms with van der Waals surface area (Å²) in [6.07, 6.45) is 1.84. The van der Waals surface area contributed by atoms with Crippen LogP contribution in [0.4, 0.5) is 0 Å². The molecule has 1 N–H and O–H groups in total. The largest absolute Gasteiger partial charge is 0.489 e. The number of benzene rings is 2. The minimum absolute atomic E-state index is 0.475. The highest BCUT2D eigenvalue weighted by atomic mass is 35.5. The first-order chi connectivity index (χ1) is 9.79. The zero-order chi connectivity index (χ0) is 14.2. The molecule has 0 aliphatic carbocycles. The third kappa shape index (κ3) is 4.41. The summed E-state index contributed by atoms with van der Waals surface area (Å²) < 4.78 is 5.79. The number of rotatable bonds is 7. The molecule has 2 rings (SSSR count). The Balaban J connectivity index is 1.94. The fourth-order valence-corrected chi connectivity index (χ4v) is 2.03. The first-order valence-electron chi connectivity index (χ1n) is 6.56. The van der Waals surface area contributed by atoms with E-state index in [4.69, 9.17) is 16.3 Å². The van der Waals surface area contributed by atoms with Crippen molar-refractivity contribution in [1.82, 2.24) is 5.32 Å². The number of nitrogens with one attached hydrogen (secondary N) is 1. The van der Waals surface area contributed by atoms with E-state index in [2.05, 4.69) is 18.0 Å². The Morgan fingerprint density at radius 3 is 2.80 bits per heavy atom. The van der Waals surface area contributed by atoms with Gasteiger partial charge in [-0.15, -0.1) is 6.58 Å². The predicted octanol–water partition coefficient (Wildman–Crippen LogP) is 4.19. The average molecular weight is 288 g/mol. The molecule has 0 spiro atoms. The van der Waals surface area contributed by atoms with Gasteiger partial charge < -0.3 is 10.1 Å². The van der Waals surface area contributed by atoms with Crippen LogP contribution in [-0.2, 0) is 13.2 Å². The maximum absolute atomic E-state index is 6.11. The molecule has 0 saturated carbocycles. The maximum atomic E-state index is 6.11. The van der Waals surface area contributed by atoms with E-state index in [1.54, 1.807) is 0 Å². The Morgan fingerprint density at radius 1 is 1.15 bits per heavy atom. The third-order valence-corrected chi connectivity index (χ3v) is 3.24. The van der Waals surface area contributed by atoms with Gasteiger partial charge in [0.15, 0.2) is 0 Å². The van der Waals surface area contributed by atoms with E-state index in [9.17, 15) is 0 Å². The fourth-order valence-electron chi connectivity index (χ4n) is 1.84. The molecule has 104 valence electrons. The van der Waals surface area contributed by atoms with E-state index in [1.807, 2.05) is 48.5 Å². The summed E-state index contributed by atoms with van der Waals surface area (Å²) >= 11 is 6.11. The first-order valence-corrected chi connectivity index (χ1v) is 6.94. The molecule has 0 amide bonds. The van der Waals surface area contributed by atoms with Crippen LogP contribution in [0.15, 0.2) is 61.2 Å². The fraction of sp³-hybridized carbons (Fsp3) is 0.176. The van der Waals surface area contributed by atoms with Crippen LogP contribution in [0.1, 0.15) is 11.1 Å². The Labute approximate surface area is 125 Å². The molecule has 0 radical (unpaired) electrons. The topological polar surface area (TPSA) is 21.3 Å². The van der Waals surface area contributed by atoms with Crippen LogP contribution in [0, 0.1) is 0 Å². The van der Waals surface area contributed by atoms with Crippen molar-refractivity contribution in [3.05, 3.63) is 77.3 Å². The van der Waals surface area contributed by atoms with Crippen LogP contribution in [-0.4, -0.2) is 6.54 Å². The zero-order valence-electron chi connectivity index (χ0n) is 11.3. The third-order valence-electron chi connectivity index (χ3n) is 2.87. The molecule has 2 aromatic carbocycles. The lowest BCUT2D eigenvalue weighted by Gasteiger charge is -2.09. The molecule has 2 aromatic rings. The number of ether oxygens (including phenoxy) is 1. The van der Waals surface area contributed by atoms with Crippen LogP contribution < -0.4 is 10.1 Å². The monoisotopic (exact) mass is 287 g/mol. The molecular formula is C17H18ClNO. The van der Waals surface area contributed by atoms with Crippen molar-refractivity contribution in [3.8, 4) is 5.75 Å². The molecule has 0 bridgehead atoms. The van der Waals surface area contributed by atoms with Crippen LogP contribution >= 0.6 is 11.6 Å². The Kier molecular flexibility index (Phi) is 5.66. The van der Waals surface area contributed by atoms with Crippen molar-refractivity contribution in [2.75, 3.05) is 6.54 Å². The SMILES string of the molecule is C=CCNCc1cccc(OCc2ccccc2Cl)c1. The second-order valence-electron chi connectivity index (χ2n) is 4.45. The summed E-state index contributed by atoms with van der Waals surface area (Å²) in [6.45, 7) is 5.75. The molecule has 0 aromatic heterocycles. The van der Waals surface area contributed by atoms with E-state index < -0.39 is 0 Å². The standard InChI is InChI=1S/C17H18ClNO/c1-2-10-19-12-14-6-5-8-16(11-14)20-13-15-7-3-4-9-17(15)18/h2-9,11,19H,1,10,12-13H2. The number of hydrogen-bond donors (Lipinski definition) is 1. The minimum atomic E-state index is 0.475. The molecule has 20 heavy (non-hydrogen) atoms. The summed E-state index contributed by atoms with van der Waals surface area (Å²) in [5.41, 5.74) is 2.17. The van der Waals surface area contributed by atoms with Gasteiger partial charge in [0.05, 0.1) is 0 Å².